The van der Waals surface area contributed by atoms with Crippen LogP contribution in [0.5, 0.6) is 17.2 Å². The molecule has 0 radical (unpaired) electrons. The maximum Gasteiger partial charge on any atom is 0.197 e. The van der Waals surface area contributed by atoms with Gasteiger partial charge in [-0.3, -0.25) is 4.79 Å². The Kier molecular flexibility index (Phi) is 2.99. The van der Waals surface area contributed by atoms with Crippen LogP contribution in [0.25, 0.3) is 22.3 Å². The zero-order valence-electron chi connectivity index (χ0n) is 10.5. The maximum absolute atomic E-state index is 12.1. The molecule has 0 saturated heterocycles. The second-order valence-electron chi connectivity index (χ2n) is 4.45. The van der Waals surface area contributed by atoms with E-state index in [2.05, 4.69) is 0 Å². The first-order chi connectivity index (χ1) is 9.97. The van der Waals surface area contributed by atoms with Crippen molar-refractivity contribution in [2.45, 2.75) is 0 Å². The zero-order valence-corrected chi connectivity index (χ0v) is 11.3. The van der Waals surface area contributed by atoms with Gasteiger partial charge in [0.15, 0.2) is 11.2 Å². The summed E-state index contributed by atoms with van der Waals surface area (Å²) in [5.41, 5.74) is 0.101. The van der Waals surface area contributed by atoms with E-state index in [1.165, 1.54) is 24.3 Å². The van der Waals surface area contributed by atoms with E-state index in [1.54, 1.807) is 12.1 Å². The van der Waals surface area contributed by atoms with E-state index in [0.717, 1.165) is 0 Å². The van der Waals surface area contributed by atoms with Gasteiger partial charge < -0.3 is 19.7 Å². The quantitative estimate of drug-likeness (QED) is 0.642. The molecule has 6 heteroatoms. The molecule has 0 spiro atoms. The Labute approximate surface area is 123 Å². The lowest BCUT2D eigenvalue weighted by atomic mass is 10.1. The summed E-state index contributed by atoms with van der Waals surface area (Å²) in [5.74, 6) is -0.567. The van der Waals surface area contributed by atoms with Crippen LogP contribution >= 0.6 is 11.6 Å². The molecule has 0 unspecified atom stereocenters. The maximum atomic E-state index is 12.1. The van der Waals surface area contributed by atoms with E-state index in [4.69, 9.17) is 16.0 Å². The average Bonchev–Trinajstić information content (AvgIpc) is 2.45. The second kappa shape index (κ2) is 4.71. The molecule has 0 aliphatic heterocycles. The van der Waals surface area contributed by atoms with E-state index in [1.807, 2.05) is 0 Å². The fourth-order valence-electron chi connectivity index (χ4n) is 2.03. The number of phenols is 3. The first-order valence-corrected chi connectivity index (χ1v) is 6.33. The summed E-state index contributed by atoms with van der Waals surface area (Å²) in [6.07, 6.45) is 0. The van der Waals surface area contributed by atoms with Crippen LogP contribution in [-0.4, -0.2) is 15.3 Å². The molecule has 0 aliphatic rings. The van der Waals surface area contributed by atoms with E-state index < -0.39 is 11.2 Å². The highest BCUT2D eigenvalue weighted by Crippen LogP contribution is 2.38. The molecule has 1 aromatic heterocycles. The molecule has 0 atom stereocenters. The van der Waals surface area contributed by atoms with E-state index in [0.29, 0.717) is 5.56 Å². The van der Waals surface area contributed by atoms with Gasteiger partial charge in [0.2, 0.25) is 0 Å². The lowest BCUT2D eigenvalue weighted by Crippen LogP contribution is -2.01. The lowest BCUT2D eigenvalue weighted by molar-refractivity contribution is 0.453. The summed E-state index contributed by atoms with van der Waals surface area (Å²) in [5, 5.41) is 28.3. The lowest BCUT2D eigenvalue weighted by Gasteiger charge is -2.07. The molecule has 3 aromatic rings. The largest absolute Gasteiger partial charge is 0.508 e. The number of hydrogen-bond acceptors (Lipinski definition) is 5. The van der Waals surface area contributed by atoms with Crippen LogP contribution in [0.3, 0.4) is 0 Å². The van der Waals surface area contributed by atoms with E-state index >= 15 is 0 Å². The third-order valence-corrected chi connectivity index (χ3v) is 3.44. The van der Waals surface area contributed by atoms with Crippen LogP contribution in [0, 0.1) is 0 Å². The number of benzene rings is 2. The van der Waals surface area contributed by atoms with Gasteiger partial charge in [-0.05, 0) is 24.3 Å². The van der Waals surface area contributed by atoms with E-state index in [-0.39, 0.29) is 33.3 Å². The first-order valence-electron chi connectivity index (χ1n) is 5.95. The monoisotopic (exact) mass is 304 g/mol. The molecule has 0 bridgehead atoms. The van der Waals surface area contributed by atoms with Gasteiger partial charge in [-0.2, -0.15) is 0 Å². The van der Waals surface area contributed by atoms with Crippen LogP contribution in [0.4, 0.5) is 0 Å². The van der Waals surface area contributed by atoms with Crippen molar-refractivity contribution in [1.82, 2.24) is 0 Å². The predicted octanol–water partition coefficient (Wildman–Crippen LogP) is 3.23. The van der Waals surface area contributed by atoms with Gasteiger partial charge in [0.1, 0.15) is 33.3 Å². The Morgan fingerprint density at radius 1 is 1.00 bits per heavy atom. The summed E-state index contributed by atoms with van der Waals surface area (Å²) in [6, 6.07) is 8.45. The summed E-state index contributed by atoms with van der Waals surface area (Å²) in [7, 11) is 0. The Bertz CT molecular complexity index is 897. The van der Waals surface area contributed by atoms with Crippen LogP contribution in [-0.2, 0) is 0 Å². The molecule has 0 amide bonds. The number of hydrogen-bond donors (Lipinski definition) is 3. The average molecular weight is 305 g/mol. The molecule has 3 rings (SSSR count). The molecular weight excluding hydrogens is 296 g/mol. The van der Waals surface area contributed by atoms with Gasteiger partial charge >= 0.3 is 0 Å². The molecule has 0 aliphatic carbocycles. The van der Waals surface area contributed by atoms with Gasteiger partial charge in [-0.1, -0.05) is 11.6 Å². The molecule has 2 aromatic carbocycles. The Morgan fingerprint density at radius 3 is 2.33 bits per heavy atom. The molecule has 5 nitrogen and oxygen atoms in total. The summed E-state index contributed by atoms with van der Waals surface area (Å²) in [6.45, 7) is 0. The number of phenolic OH excluding ortho intramolecular Hbond substituents is 3. The number of halogens is 1. The second-order valence-corrected chi connectivity index (χ2v) is 4.83. The number of fused-ring (bicyclic) bond motifs is 1. The number of rotatable bonds is 1. The normalized spacial score (nSPS) is 10.9. The molecule has 0 fully saturated rings. The van der Waals surface area contributed by atoms with Crippen molar-refractivity contribution in [3.8, 4) is 28.6 Å². The summed E-state index contributed by atoms with van der Waals surface area (Å²) >= 11 is 5.69. The van der Waals surface area contributed by atoms with Crippen LogP contribution in [0.1, 0.15) is 0 Å². The number of aromatic hydroxyl groups is 3. The molecule has 3 N–H and O–H groups in total. The highest BCUT2D eigenvalue weighted by molar-refractivity contribution is 6.34. The van der Waals surface area contributed by atoms with E-state index in [9.17, 15) is 20.1 Å². The third-order valence-electron chi connectivity index (χ3n) is 3.06. The van der Waals surface area contributed by atoms with Gasteiger partial charge in [0.25, 0.3) is 0 Å². The Hall–Kier alpha value is -2.66. The van der Waals surface area contributed by atoms with Crippen LogP contribution in [0.15, 0.2) is 45.6 Å². The molecule has 106 valence electrons. The first kappa shape index (κ1) is 13.3. The molecule has 1 heterocycles. The third kappa shape index (κ3) is 2.17. The highest BCUT2D eigenvalue weighted by atomic mass is 35.5. The van der Waals surface area contributed by atoms with Crippen molar-refractivity contribution in [2.75, 3.05) is 0 Å². The molecule has 21 heavy (non-hydrogen) atoms. The van der Waals surface area contributed by atoms with Crippen molar-refractivity contribution < 1.29 is 19.7 Å². The molecule has 0 saturated carbocycles. The minimum Gasteiger partial charge on any atom is -0.508 e. The summed E-state index contributed by atoms with van der Waals surface area (Å²) in [4.78, 5) is 12.1. The van der Waals surface area contributed by atoms with Crippen molar-refractivity contribution in [1.29, 1.82) is 0 Å². The van der Waals surface area contributed by atoms with Crippen LogP contribution < -0.4 is 5.43 Å². The Morgan fingerprint density at radius 2 is 1.67 bits per heavy atom. The Balaban J connectivity index is 2.31. The van der Waals surface area contributed by atoms with Gasteiger partial charge in [-0.25, -0.2) is 0 Å². The highest BCUT2D eigenvalue weighted by Gasteiger charge is 2.16. The summed E-state index contributed by atoms with van der Waals surface area (Å²) < 4.78 is 5.52. The minimum absolute atomic E-state index is 0.0185. The van der Waals surface area contributed by atoms with Crippen molar-refractivity contribution in [3.63, 3.8) is 0 Å². The van der Waals surface area contributed by atoms with Gasteiger partial charge in [-0.15, -0.1) is 0 Å². The standard InChI is InChI=1S/C15H9ClO5/c16-14-10(19)6-12-13(15(14)20)9(18)5-11(21-12)7-1-3-8(17)4-2-7/h1-6,17,19-20H. The van der Waals surface area contributed by atoms with Crippen molar-refractivity contribution >= 4 is 22.6 Å². The zero-order chi connectivity index (χ0) is 15.1. The SMILES string of the molecule is O=c1cc(-c2ccc(O)cc2)oc2cc(O)c(Cl)c(O)c12. The minimum atomic E-state index is -0.516. The fraction of sp³-hybridized carbons (Fsp3) is 0. The van der Waals surface area contributed by atoms with Crippen molar-refractivity contribution in [3.05, 3.63) is 51.6 Å². The van der Waals surface area contributed by atoms with Crippen LogP contribution in [0.2, 0.25) is 5.02 Å². The molecular formula is C15H9ClO5. The van der Waals surface area contributed by atoms with Gasteiger partial charge in [0.05, 0.1) is 0 Å². The smallest absolute Gasteiger partial charge is 0.197 e. The fourth-order valence-corrected chi connectivity index (χ4v) is 2.18. The predicted molar refractivity (Wildman–Crippen MR) is 77.9 cm³/mol. The topological polar surface area (TPSA) is 90.9 Å². The van der Waals surface area contributed by atoms with Gasteiger partial charge in [0, 0.05) is 17.7 Å². The van der Waals surface area contributed by atoms with Crippen molar-refractivity contribution in [2.24, 2.45) is 0 Å².